The molecule has 2 amide bonds. The maximum Gasteiger partial charge on any atom is 0.330 e. The molecule has 0 aliphatic heterocycles. The Morgan fingerprint density at radius 1 is 0.900 bits per heavy atom. The van der Waals surface area contributed by atoms with Crippen LogP contribution in [0.1, 0.15) is 73.7 Å². The first-order valence-electron chi connectivity index (χ1n) is 10.8. The van der Waals surface area contributed by atoms with Crippen molar-refractivity contribution in [2.24, 2.45) is 11.8 Å². The van der Waals surface area contributed by atoms with E-state index in [-0.39, 0.29) is 17.7 Å². The van der Waals surface area contributed by atoms with Gasteiger partial charge >= 0.3 is 5.97 Å². The van der Waals surface area contributed by atoms with E-state index in [9.17, 15) is 19.5 Å². The molecule has 162 valence electrons. The van der Waals surface area contributed by atoms with Gasteiger partial charge in [-0.25, -0.2) is 10.3 Å². The second kappa shape index (κ2) is 9.89. The lowest BCUT2D eigenvalue weighted by Crippen LogP contribution is -2.63. The van der Waals surface area contributed by atoms with Gasteiger partial charge in [0.1, 0.15) is 5.54 Å². The zero-order valence-electron chi connectivity index (χ0n) is 17.1. The third-order valence-corrected chi connectivity index (χ3v) is 6.63. The van der Waals surface area contributed by atoms with Gasteiger partial charge in [0.25, 0.3) is 11.8 Å². The van der Waals surface area contributed by atoms with Crippen molar-refractivity contribution in [1.82, 2.24) is 10.8 Å². The van der Waals surface area contributed by atoms with Crippen LogP contribution in [0.2, 0.25) is 0 Å². The molecule has 4 N–H and O–H groups in total. The second-order valence-electron chi connectivity index (χ2n) is 8.38. The molecule has 2 saturated carbocycles. The SMILES string of the molecule is O=C(C=Cc1ccc(C(=O)N[C@](C(=O)O)(C2CCCCC2)C2CCCC2)cc1)NO. The summed E-state index contributed by atoms with van der Waals surface area (Å²) < 4.78 is 0. The van der Waals surface area contributed by atoms with Crippen LogP contribution in [-0.2, 0) is 9.59 Å². The lowest BCUT2D eigenvalue weighted by Gasteiger charge is -2.44. The summed E-state index contributed by atoms with van der Waals surface area (Å²) in [6.45, 7) is 0. The zero-order chi connectivity index (χ0) is 21.6. The summed E-state index contributed by atoms with van der Waals surface area (Å²) in [7, 11) is 0. The first kappa shape index (κ1) is 22.0. The molecule has 2 aliphatic carbocycles. The number of hydroxylamine groups is 1. The third-order valence-electron chi connectivity index (χ3n) is 6.63. The number of nitrogens with one attached hydrogen (secondary N) is 2. The van der Waals surface area contributed by atoms with E-state index in [1.165, 1.54) is 17.6 Å². The summed E-state index contributed by atoms with van der Waals surface area (Å²) >= 11 is 0. The summed E-state index contributed by atoms with van der Waals surface area (Å²) in [4.78, 5) is 36.8. The van der Waals surface area contributed by atoms with Gasteiger partial charge in [0.15, 0.2) is 0 Å². The normalized spacial score (nSPS) is 20.0. The van der Waals surface area contributed by atoms with Crippen LogP contribution in [0.3, 0.4) is 0 Å². The van der Waals surface area contributed by atoms with Crippen LogP contribution in [0.15, 0.2) is 30.3 Å². The Hall–Kier alpha value is -2.67. The van der Waals surface area contributed by atoms with Crippen LogP contribution in [0.5, 0.6) is 0 Å². The van der Waals surface area contributed by atoms with E-state index >= 15 is 0 Å². The van der Waals surface area contributed by atoms with E-state index in [0.29, 0.717) is 11.1 Å². The molecular weight excluding hydrogens is 384 g/mol. The van der Waals surface area contributed by atoms with Crippen LogP contribution in [0.25, 0.3) is 6.08 Å². The molecule has 0 bridgehead atoms. The van der Waals surface area contributed by atoms with Gasteiger partial charge in [0.05, 0.1) is 0 Å². The van der Waals surface area contributed by atoms with Gasteiger partial charge in [-0.05, 0) is 61.3 Å². The topological polar surface area (TPSA) is 116 Å². The average Bonchev–Trinajstić information content (AvgIpc) is 3.31. The molecule has 2 aliphatic rings. The standard InChI is InChI=1S/C23H30N2O5/c26-20(25-30)15-12-16-10-13-17(14-11-16)21(27)24-23(22(28)29,19-8-4-5-9-19)18-6-2-1-3-7-18/h10-15,18-19,30H,1-9H2,(H,24,27)(H,25,26)(H,28,29)/t23-/m1/s1. The predicted octanol–water partition coefficient (Wildman–Crippen LogP) is 3.53. The largest absolute Gasteiger partial charge is 0.479 e. The number of carbonyl (C=O) groups excluding carboxylic acids is 2. The minimum absolute atomic E-state index is 0.0405. The van der Waals surface area contributed by atoms with Gasteiger partial charge in [-0.3, -0.25) is 14.8 Å². The average molecular weight is 415 g/mol. The van der Waals surface area contributed by atoms with E-state index < -0.39 is 17.4 Å². The Labute approximate surface area is 176 Å². The van der Waals surface area contributed by atoms with Gasteiger partial charge in [0.2, 0.25) is 0 Å². The van der Waals surface area contributed by atoms with Crippen LogP contribution < -0.4 is 10.8 Å². The van der Waals surface area contributed by atoms with Crippen molar-refractivity contribution < 1.29 is 24.7 Å². The molecule has 1 atom stereocenters. The predicted molar refractivity (Wildman–Crippen MR) is 112 cm³/mol. The van der Waals surface area contributed by atoms with Crippen molar-refractivity contribution >= 4 is 23.9 Å². The highest BCUT2D eigenvalue weighted by molar-refractivity contribution is 5.98. The van der Waals surface area contributed by atoms with Gasteiger partial charge in [0, 0.05) is 11.6 Å². The van der Waals surface area contributed by atoms with Crippen LogP contribution in [0, 0.1) is 11.8 Å². The van der Waals surface area contributed by atoms with Gasteiger partial charge < -0.3 is 10.4 Å². The van der Waals surface area contributed by atoms with Crippen LogP contribution in [-0.4, -0.2) is 33.6 Å². The summed E-state index contributed by atoms with van der Waals surface area (Å²) in [5.41, 5.74) is 1.37. The number of benzene rings is 1. The minimum atomic E-state index is -1.22. The van der Waals surface area contributed by atoms with E-state index in [2.05, 4.69) is 5.32 Å². The number of carbonyl (C=O) groups is 3. The Kier molecular flexibility index (Phi) is 7.26. The number of amides is 2. The van der Waals surface area contributed by atoms with Gasteiger partial charge in [-0.15, -0.1) is 0 Å². The highest BCUT2D eigenvalue weighted by Crippen LogP contribution is 2.44. The Balaban J connectivity index is 1.83. The molecule has 1 aromatic rings. The van der Waals surface area contributed by atoms with Crippen molar-refractivity contribution in [2.45, 2.75) is 63.3 Å². The lowest BCUT2D eigenvalue weighted by atomic mass is 9.67. The van der Waals surface area contributed by atoms with Crippen molar-refractivity contribution in [3.05, 3.63) is 41.5 Å². The number of carboxylic acids is 1. The number of rotatable bonds is 7. The zero-order valence-corrected chi connectivity index (χ0v) is 17.1. The number of carboxylic acid groups (broad SMARTS) is 1. The van der Waals surface area contributed by atoms with Crippen molar-refractivity contribution in [1.29, 1.82) is 0 Å². The third kappa shape index (κ3) is 4.73. The first-order chi connectivity index (χ1) is 14.5. The van der Waals surface area contributed by atoms with E-state index in [1.807, 2.05) is 0 Å². The van der Waals surface area contributed by atoms with Gasteiger partial charge in [-0.2, -0.15) is 0 Å². The Morgan fingerprint density at radius 3 is 1.93 bits per heavy atom. The van der Waals surface area contributed by atoms with Crippen molar-refractivity contribution in [3.63, 3.8) is 0 Å². The molecule has 0 unspecified atom stereocenters. The molecule has 0 aromatic heterocycles. The fraction of sp³-hybridized carbons (Fsp3) is 0.522. The first-order valence-corrected chi connectivity index (χ1v) is 10.8. The molecule has 3 rings (SSSR count). The fourth-order valence-corrected chi connectivity index (χ4v) is 5.09. The Morgan fingerprint density at radius 2 is 1.43 bits per heavy atom. The maximum atomic E-state index is 13.1. The monoisotopic (exact) mass is 414 g/mol. The molecule has 0 saturated heterocycles. The van der Waals surface area contributed by atoms with Crippen LogP contribution >= 0.6 is 0 Å². The molecule has 30 heavy (non-hydrogen) atoms. The summed E-state index contributed by atoms with van der Waals surface area (Å²) in [5, 5.41) is 21.9. The molecule has 2 fully saturated rings. The number of aliphatic carboxylic acids is 1. The smallest absolute Gasteiger partial charge is 0.330 e. The molecular formula is C23H30N2O5. The van der Waals surface area contributed by atoms with E-state index in [1.54, 1.807) is 24.3 Å². The fourth-order valence-electron chi connectivity index (χ4n) is 5.09. The Bertz CT molecular complexity index is 792. The quantitative estimate of drug-likeness (QED) is 0.309. The van der Waals surface area contributed by atoms with E-state index in [0.717, 1.165) is 57.8 Å². The number of hydrogen-bond acceptors (Lipinski definition) is 4. The highest BCUT2D eigenvalue weighted by atomic mass is 16.5. The van der Waals surface area contributed by atoms with Crippen molar-refractivity contribution in [3.8, 4) is 0 Å². The molecule has 0 heterocycles. The summed E-state index contributed by atoms with van der Waals surface area (Å²) in [6.07, 6.45) is 11.2. The number of hydrogen-bond donors (Lipinski definition) is 4. The summed E-state index contributed by atoms with van der Waals surface area (Å²) in [5.74, 6) is -2.02. The van der Waals surface area contributed by atoms with Gasteiger partial charge in [-0.1, -0.05) is 44.2 Å². The second-order valence-corrected chi connectivity index (χ2v) is 8.38. The van der Waals surface area contributed by atoms with Crippen LogP contribution in [0.4, 0.5) is 0 Å². The minimum Gasteiger partial charge on any atom is -0.479 e. The van der Waals surface area contributed by atoms with E-state index in [4.69, 9.17) is 5.21 Å². The lowest BCUT2D eigenvalue weighted by molar-refractivity contribution is -0.151. The highest BCUT2D eigenvalue weighted by Gasteiger charge is 2.53. The molecule has 7 nitrogen and oxygen atoms in total. The molecule has 0 spiro atoms. The maximum absolute atomic E-state index is 13.1. The molecule has 0 radical (unpaired) electrons. The molecule has 7 heteroatoms. The van der Waals surface area contributed by atoms with Crippen molar-refractivity contribution in [2.75, 3.05) is 0 Å². The molecule has 1 aromatic carbocycles. The summed E-state index contributed by atoms with van der Waals surface area (Å²) in [6, 6.07) is 6.59.